The van der Waals surface area contributed by atoms with E-state index in [2.05, 4.69) is 11.9 Å². The molecule has 0 saturated carbocycles. The number of rotatable bonds is 7. The van der Waals surface area contributed by atoms with Crippen molar-refractivity contribution in [2.24, 2.45) is 0 Å². The highest BCUT2D eigenvalue weighted by Gasteiger charge is 2.15. The Kier molecular flexibility index (Phi) is 5.32. The average Bonchev–Trinajstić information content (AvgIpc) is 2.33. The third kappa shape index (κ3) is 4.18. The quantitative estimate of drug-likeness (QED) is 0.459. The van der Waals surface area contributed by atoms with Crippen LogP contribution in [0.4, 0.5) is 5.69 Å². The number of nitrogens with one attached hydrogen (secondary N) is 1. The van der Waals surface area contributed by atoms with E-state index in [9.17, 15) is 10.1 Å². The van der Waals surface area contributed by atoms with Crippen LogP contribution < -0.4 is 10.1 Å². The van der Waals surface area contributed by atoms with Crippen LogP contribution in [-0.2, 0) is 6.54 Å². The lowest BCUT2D eigenvalue weighted by Crippen LogP contribution is -2.12. The Labute approximate surface area is 107 Å². The lowest BCUT2D eigenvalue weighted by molar-refractivity contribution is -0.385. The highest BCUT2D eigenvalue weighted by Crippen LogP contribution is 2.28. The van der Waals surface area contributed by atoms with Gasteiger partial charge in [-0.15, -0.1) is 0 Å². The first-order valence-corrected chi connectivity index (χ1v) is 5.79. The van der Waals surface area contributed by atoms with E-state index in [1.165, 1.54) is 6.07 Å². The molecule has 98 valence electrons. The third-order valence-corrected chi connectivity index (χ3v) is 2.27. The third-order valence-electron chi connectivity index (χ3n) is 2.27. The van der Waals surface area contributed by atoms with Crippen molar-refractivity contribution >= 4 is 5.69 Å². The predicted molar refractivity (Wildman–Crippen MR) is 70.8 cm³/mol. The number of nitro benzene ring substituents is 1. The van der Waals surface area contributed by atoms with Gasteiger partial charge in [-0.3, -0.25) is 10.1 Å². The molecule has 0 heterocycles. The van der Waals surface area contributed by atoms with Crippen molar-refractivity contribution in [2.75, 3.05) is 13.2 Å². The summed E-state index contributed by atoms with van der Waals surface area (Å²) < 4.78 is 5.41. The fourth-order valence-corrected chi connectivity index (χ4v) is 1.41. The molecule has 0 saturated heterocycles. The van der Waals surface area contributed by atoms with Gasteiger partial charge in [-0.2, -0.15) is 0 Å². The summed E-state index contributed by atoms with van der Waals surface area (Å²) in [7, 11) is 0. The minimum atomic E-state index is -0.440. The maximum atomic E-state index is 10.9. The molecule has 0 bridgehead atoms. The van der Waals surface area contributed by atoms with Crippen molar-refractivity contribution in [3.05, 3.63) is 46.0 Å². The van der Waals surface area contributed by atoms with Crippen molar-refractivity contribution < 1.29 is 9.66 Å². The van der Waals surface area contributed by atoms with Gasteiger partial charge < -0.3 is 10.1 Å². The summed E-state index contributed by atoms with van der Waals surface area (Å²) in [4.78, 5) is 10.4. The molecule has 0 aliphatic carbocycles. The summed E-state index contributed by atoms with van der Waals surface area (Å²) in [5, 5.41) is 14.0. The standard InChI is InChI=1S/C13H18N2O3/c1-4-14-8-11-5-6-12(15(16)17)13(7-11)18-9-10(2)3/h5-7,14H,2,4,8-9H2,1,3H3. The van der Waals surface area contributed by atoms with Crippen LogP contribution in [-0.4, -0.2) is 18.1 Å². The molecule has 5 heteroatoms. The second-order valence-corrected chi connectivity index (χ2v) is 4.09. The molecule has 1 rings (SSSR count). The summed E-state index contributed by atoms with van der Waals surface area (Å²) in [6.07, 6.45) is 0. The fourth-order valence-electron chi connectivity index (χ4n) is 1.41. The van der Waals surface area contributed by atoms with Crippen LogP contribution in [0.25, 0.3) is 0 Å². The number of benzene rings is 1. The van der Waals surface area contributed by atoms with Gasteiger partial charge in [0.05, 0.1) is 4.92 Å². The molecule has 0 radical (unpaired) electrons. The largest absolute Gasteiger partial charge is 0.482 e. The number of hydrogen-bond acceptors (Lipinski definition) is 4. The van der Waals surface area contributed by atoms with Gasteiger partial charge in [0.15, 0.2) is 5.75 Å². The van der Waals surface area contributed by atoms with Gasteiger partial charge in [0.25, 0.3) is 0 Å². The van der Waals surface area contributed by atoms with Crippen LogP contribution in [0.1, 0.15) is 19.4 Å². The van der Waals surface area contributed by atoms with E-state index in [0.717, 1.165) is 17.7 Å². The molecule has 0 aromatic heterocycles. The first-order valence-electron chi connectivity index (χ1n) is 5.79. The number of ether oxygens (including phenoxy) is 1. The summed E-state index contributed by atoms with van der Waals surface area (Å²) in [5.74, 6) is 0.290. The van der Waals surface area contributed by atoms with Crippen LogP contribution in [0.3, 0.4) is 0 Å². The van der Waals surface area contributed by atoms with Crippen LogP contribution in [0.5, 0.6) is 5.75 Å². The van der Waals surface area contributed by atoms with E-state index >= 15 is 0 Å². The zero-order valence-electron chi connectivity index (χ0n) is 10.7. The number of hydrogen-bond donors (Lipinski definition) is 1. The highest BCUT2D eigenvalue weighted by molar-refractivity contribution is 5.48. The maximum absolute atomic E-state index is 10.9. The molecular formula is C13H18N2O3. The minimum Gasteiger partial charge on any atom is -0.482 e. The summed E-state index contributed by atoms with van der Waals surface area (Å²) >= 11 is 0. The van der Waals surface area contributed by atoms with Gasteiger partial charge in [-0.1, -0.05) is 19.6 Å². The summed E-state index contributed by atoms with van der Waals surface area (Å²) in [5.41, 5.74) is 1.76. The van der Waals surface area contributed by atoms with Crippen LogP contribution in [0.15, 0.2) is 30.4 Å². The number of nitro groups is 1. The van der Waals surface area contributed by atoms with Gasteiger partial charge in [-0.25, -0.2) is 0 Å². The normalized spacial score (nSPS) is 10.1. The van der Waals surface area contributed by atoms with Crippen LogP contribution in [0, 0.1) is 10.1 Å². The van der Waals surface area contributed by atoms with Crippen molar-refractivity contribution in [2.45, 2.75) is 20.4 Å². The smallest absolute Gasteiger partial charge is 0.310 e. The molecule has 0 spiro atoms. The topological polar surface area (TPSA) is 64.4 Å². The summed E-state index contributed by atoms with van der Waals surface area (Å²) in [6, 6.07) is 4.90. The van der Waals surface area contributed by atoms with E-state index in [1.54, 1.807) is 12.1 Å². The van der Waals surface area contributed by atoms with Crippen molar-refractivity contribution in [3.8, 4) is 5.75 Å². The Morgan fingerprint density at radius 3 is 2.83 bits per heavy atom. The van der Waals surface area contributed by atoms with E-state index < -0.39 is 4.92 Å². The molecular weight excluding hydrogens is 232 g/mol. The molecule has 1 aromatic carbocycles. The Balaban J connectivity index is 2.92. The van der Waals surface area contributed by atoms with Crippen molar-refractivity contribution in [1.29, 1.82) is 0 Å². The predicted octanol–water partition coefficient (Wildman–Crippen LogP) is 2.66. The monoisotopic (exact) mass is 250 g/mol. The zero-order valence-corrected chi connectivity index (χ0v) is 10.7. The molecule has 1 N–H and O–H groups in total. The Morgan fingerprint density at radius 2 is 2.28 bits per heavy atom. The Morgan fingerprint density at radius 1 is 1.56 bits per heavy atom. The van der Waals surface area contributed by atoms with Gasteiger partial charge >= 0.3 is 5.69 Å². The molecule has 0 aliphatic heterocycles. The van der Waals surface area contributed by atoms with E-state index in [1.807, 2.05) is 13.8 Å². The Bertz CT molecular complexity index is 444. The SMILES string of the molecule is C=C(C)COc1cc(CNCC)ccc1[N+](=O)[O-]. The van der Waals surface area contributed by atoms with E-state index in [0.29, 0.717) is 12.3 Å². The molecule has 0 unspecified atom stereocenters. The molecule has 0 amide bonds. The molecule has 18 heavy (non-hydrogen) atoms. The van der Waals surface area contributed by atoms with Gasteiger partial charge in [-0.05, 0) is 30.7 Å². The van der Waals surface area contributed by atoms with Crippen LogP contribution in [0.2, 0.25) is 0 Å². The van der Waals surface area contributed by atoms with Crippen molar-refractivity contribution in [1.82, 2.24) is 5.32 Å². The Hall–Kier alpha value is -1.88. The minimum absolute atomic E-state index is 0.0171. The molecule has 5 nitrogen and oxygen atoms in total. The molecule has 0 fully saturated rings. The number of nitrogens with zero attached hydrogens (tertiary/aromatic N) is 1. The second kappa shape index (κ2) is 6.76. The fraction of sp³-hybridized carbons (Fsp3) is 0.385. The lowest BCUT2D eigenvalue weighted by Gasteiger charge is -2.09. The first-order chi connectivity index (χ1) is 8.54. The first kappa shape index (κ1) is 14.2. The van der Waals surface area contributed by atoms with E-state index in [4.69, 9.17) is 4.74 Å². The van der Waals surface area contributed by atoms with E-state index in [-0.39, 0.29) is 12.3 Å². The molecule has 0 aliphatic rings. The zero-order chi connectivity index (χ0) is 13.5. The average molecular weight is 250 g/mol. The van der Waals surface area contributed by atoms with Gasteiger partial charge in [0.1, 0.15) is 6.61 Å². The van der Waals surface area contributed by atoms with Gasteiger partial charge in [0, 0.05) is 12.6 Å². The lowest BCUT2D eigenvalue weighted by atomic mass is 10.2. The second-order valence-electron chi connectivity index (χ2n) is 4.09. The van der Waals surface area contributed by atoms with Crippen molar-refractivity contribution in [3.63, 3.8) is 0 Å². The summed E-state index contributed by atoms with van der Waals surface area (Å²) in [6.45, 7) is 9.32. The molecule has 1 aromatic rings. The molecule has 0 atom stereocenters. The van der Waals surface area contributed by atoms with Gasteiger partial charge in [0.2, 0.25) is 0 Å². The maximum Gasteiger partial charge on any atom is 0.310 e. The highest BCUT2D eigenvalue weighted by atomic mass is 16.6. The van der Waals surface area contributed by atoms with Crippen LogP contribution >= 0.6 is 0 Å².